The third-order valence-corrected chi connectivity index (χ3v) is 2.40. The Morgan fingerprint density at radius 2 is 2.36 bits per heavy atom. The van der Waals surface area contributed by atoms with E-state index in [9.17, 15) is 0 Å². The number of hydrogen-bond acceptors (Lipinski definition) is 2. The quantitative estimate of drug-likeness (QED) is 0.672. The Bertz CT molecular complexity index is 357. The van der Waals surface area contributed by atoms with Crippen molar-refractivity contribution in [2.75, 3.05) is 0 Å². The molecule has 2 aromatic rings. The highest BCUT2D eigenvalue weighted by Crippen LogP contribution is 2.16. The van der Waals surface area contributed by atoms with Crippen LogP contribution >= 0.6 is 22.6 Å². The number of halogens is 1. The van der Waals surface area contributed by atoms with Crippen molar-refractivity contribution in [3.05, 3.63) is 22.2 Å². The maximum atomic E-state index is 4.25. The third kappa shape index (κ3) is 1.01. The zero-order chi connectivity index (χ0) is 7.84. The van der Waals surface area contributed by atoms with Gasteiger partial charge in [0.05, 0.1) is 10.9 Å². The highest BCUT2D eigenvalue weighted by molar-refractivity contribution is 14.1. The van der Waals surface area contributed by atoms with E-state index in [1.807, 2.05) is 24.0 Å². The lowest BCUT2D eigenvalue weighted by Gasteiger charge is -1.89. The Kier molecular flexibility index (Phi) is 1.56. The van der Waals surface area contributed by atoms with Crippen LogP contribution in [0.3, 0.4) is 0 Å². The predicted octanol–water partition coefficient (Wildman–Crippen LogP) is 1.57. The molecule has 0 spiro atoms. The molecule has 0 saturated heterocycles. The number of fused-ring (bicyclic) bond motifs is 1. The van der Waals surface area contributed by atoms with E-state index in [4.69, 9.17) is 0 Å². The minimum Gasteiger partial charge on any atom is -0.267 e. The molecule has 0 aliphatic heterocycles. The number of nitrogens with zero attached hydrogens (tertiary/aromatic N) is 3. The SMILES string of the molecule is Cn1nc(I)c2cnccc21. The number of hydrogen-bond donors (Lipinski definition) is 0. The number of rotatable bonds is 0. The highest BCUT2D eigenvalue weighted by atomic mass is 127. The maximum absolute atomic E-state index is 4.25. The van der Waals surface area contributed by atoms with Crippen molar-refractivity contribution in [2.24, 2.45) is 7.05 Å². The molecule has 0 radical (unpaired) electrons. The number of aryl methyl sites for hydroxylation is 1. The van der Waals surface area contributed by atoms with Crippen LogP contribution in [-0.2, 0) is 7.05 Å². The summed E-state index contributed by atoms with van der Waals surface area (Å²) in [5.41, 5.74) is 1.13. The van der Waals surface area contributed by atoms with Crippen LogP contribution in [-0.4, -0.2) is 14.8 Å². The first-order valence-corrected chi connectivity index (χ1v) is 4.29. The topological polar surface area (TPSA) is 30.7 Å². The van der Waals surface area contributed by atoms with Gasteiger partial charge in [-0.05, 0) is 28.7 Å². The van der Waals surface area contributed by atoms with Crippen LogP contribution in [0.4, 0.5) is 0 Å². The molecule has 4 heteroatoms. The molecule has 0 bridgehead atoms. The van der Waals surface area contributed by atoms with Gasteiger partial charge in [-0.25, -0.2) is 0 Å². The molecule has 0 N–H and O–H groups in total. The van der Waals surface area contributed by atoms with Crippen LogP contribution in [0.1, 0.15) is 0 Å². The van der Waals surface area contributed by atoms with Gasteiger partial charge in [-0.1, -0.05) is 0 Å². The van der Waals surface area contributed by atoms with Crippen molar-refractivity contribution in [3.63, 3.8) is 0 Å². The van der Waals surface area contributed by atoms with Crippen LogP contribution in [0.5, 0.6) is 0 Å². The molecular formula is C7H6IN3. The standard InChI is InChI=1S/C7H6IN3/c1-11-6-2-3-9-4-5(6)7(8)10-11/h2-4H,1H3. The summed E-state index contributed by atoms with van der Waals surface area (Å²) in [6.07, 6.45) is 3.62. The first-order valence-electron chi connectivity index (χ1n) is 3.21. The third-order valence-electron chi connectivity index (χ3n) is 1.61. The zero-order valence-electron chi connectivity index (χ0n) is 5.95. The monoisotopic (exact) mass is 259 g/mol. The molecule has 0 amide bonds. The molecule has 0 atom stereocenters. The van der Waals surface area contributed by atoms with E-state index >= 15 is 0 Å². The fraction of sp³-hybridized carbons (Fsp3) is 0.143. The lowest BCUT2D eigenvalue weighted by molar-refractivity contribution is 0.787. The van der Waals surface area contributed by atoms with Gasteiger partial charge in [-0.2, -0.15) is 5.10 Å². The zero-order valence-corrected chi connectivity index (χ0v) is 8.11. The van der Waals surface area contributed by atoms with Crippen molar-refractivity contribution < 1.29 is 0 Å². The smallest absolute Gasteiger partial charge is 0.132 e. The molecule has 0 unspecified atom stereocenters. The molecule has 2 aromatic heterocycles. The Morgan fingerprint density at radius 3 is 3.09 bits per heavy atom. The predicted molar refractivity (Wildman–Crippen MR) is 51.2 cm³/mol. The molecule has 56 valence electrons. The maximum Gasteiger partial charge on any atom is 0.132 e. The molecule has 0 fully saturated rings. The van der Waals surface area contributed by atoms with Gasteiger partial charge in [0, 0.05) is 19.4 Å². The van der Waals surface area contributed by atoms with Gasteiger partial charge < -0.3 is 0 Å². The summed E-state index contributed by atoms with van der Waals surface area (Å²) in [5.74, 6) is 0. The average molecular weight is 259 g/mol. The lowest BCUT2D eigenvalue weighted by atomic mass is 10.3. The van der Waals surface area contributed by atoms with Crippen LogP contribution in [0, 0.1) is 3.70 Å². The molecular weight excluding hydrogens is 253 g/mol. The summed E-state index contributed by atoms with van der Waals surface area (Å²) >= 11 is 2.21. The molecule has 2 rings (SSSR count). The summed E-state index contributed by atoms with van der Waals surface area (Å²) in [7, 11) is 1.94. The summed E-state index contributed by atoms with van der Waals surface area (Å²) in [5, 5.41) is 5.37. The second kappa shape index (κ2) is 2.44. The van der Waals surface area contributed by atoms with Gasteiger partial charge in [0.1, 0.15) is 3.70 Å². The molecule has 0 aliphatic carbocycles. The molecule has 0 aliphatic rings. The Hall–Kier alpha value is -0.650. The van der Waals surface area contributed by atoms with E-state index in [1.165, 1.54) is 0 Å². The minimum atomic E-state index is 1.01. The van der Waals surface area contributed by atoms with Gasteiger partial charge in [0.15, 0.2) is 0 Å². The van der Waals surface area contributed by atoms with Gasteiger partial charge in [0.2, 0.25) is 0 Å². The van der Waals surface area contributed by atoms with E-state index in [-0.39, 0.29) is 0 Å². The fourth-order valence-corrected chi connectivity index (χ4v) is 1.81. The first kappa shape index (κ1) is 7.02. The number of pyridine rings is 1. The van der Waals surface area contributed by atoms with E-state index in [0.717, 1.165) is 14.6 Å². The highest BCUT2D eigenvalue weighted by Gasteiger charge is 2.03. The van der Waals surface area contributed by atoms with Crippen LogP contribution in [0.2, 0.25) is 0 Å². The van der Waals surface area contributed by atoms with E-state index in [1.54, 1.807) is 6.20 Å². The van der Waals surface area contributed by atoms with Crippen molar-refractivity contribution >= 4 is 33.5 Å². The second-order valence-electron chi connectivity index (χ2n) is 2.31. The van der Waals surface area contributed by atoms with Gasteiger partial charge in [-0.3, -0.25) is 9.67 Å². The molecule has 0 saturated carbocycles. The summed E-state index contributed by atoms with van der Waals surface area (Å²) in [6.45, 7) is 0. The summed E-state index contributed by atoms with van der Waals surface area (Å²) in [4.78, 5) is 4.03. The van der Waals surface area contributed by atoms with Crippen LogP contribution < -0.4 is 0 Å². The Labute approximate surface area is 77.6 Å². The molecule has 3 nitrogen and oxygen atoms in total. The largest absolute Gasteiger partial charge is 0.267 e. The fourth-order valence-electron chi connectivity index (χ4n) is 1.07. The number of aromatic nitrogens is 3. The van der Waals surface area contributed by atoms with Crippen LogP contribution in [0.25, 0.3) is 10.9 Å². The van der Waals surface area contributed by atoms with E-state index < -0.39 is 0 Å². The second-order valence-corrected chi connectivity index (χ2v) is 3.33. The Balaban J connectivity index is 2.95. The van der Waals surface area contributed by atoms with Crippen molar-refractivity contribution in [1.29, 1.82) is 0 Å². The molecule has 11 heavy (non-hydrogen) atoms. The van der Waals surface area contributed by atoms with E-state index in [0.29, 0.717) is 0 Å². The van der Waals surface area contributed by atoms with Crippen LogP contribution in [0.15, 0.2) is 18.5 Å². The van der Waals surface area contributed by atoms with Gasteiger partial charge in [0.25, 0.3) is 0 Å². The van der Waals surface area contributed by atoms with E-state index in [2.05, 4.69) is 32.7 Å². The average Bonchev–Trinajstić information content (AvgIpc) is 2.30. The van der Waals surface area contributed by atoms with Crippen molar-refractivity contribution in [2.45, 2.75) is 0 Å². The Morgan fingerprint density at radius 1 is 1.55 bits per heavy atom. The summed E-state index contributed by atoms with van der Waals surface area (Å²) in [6, 6.07) is 1.96. The van der Waals surface area contributed by atoms with Crippen molar-refractivity contribution in [3.8, 4) is 0 Å². The van der Waals surface area contributed by atoms with Gasteiger partial charge in [-0.15, -0.1) is 0 Å². The normalized spacial score (nSPS) is 10.7. The molecule has 0 aromatic carbocycles. The minimum absolute atomic E-state index is 1.01. The lowest BCUT2D eigenvalue weighted by Crippen LogP contribution is -1.88. The first-order chi connectivity index (χ1) is 5.29. The molecule has 2 heterocycles. The summed E-state index contributed by atoms with van der Waals surface area (Å²) < 4.78 is 2.87. The van der Waals surface area contributed by atoms with Gasteiger partial charge >= 0.3 is 0 Å². The van der Waals surface area contributed by atoms with Crippen molar-refractivity contribution in [1.82, 2.24) is 14.8 Å².